The van der Waals surface area contributed by atoms with Gasteiger partial charge in [-0.3, -0.25) is 4.79 Å². The molecule has 2 N–H and O–H groups in total. The minimum absolute atomic E-state index is 0.0358. The quantitative estimate of drug-likeness (QED) is 0.479. The van der Waals surface area contributed by atoms with Crippen molar-refractivity contribution in [2.24, 2.45) is 0 Å². The summed E-state index contributed by atoms with van der Waals surface area (Å²) in [6.07, 6.45) is 0.980. The number of carbonyl (C=O) groups is 3. The van der Waals surface area contributed by atoms with Gasteiger partial charge in [-0.1, -0.05) is 12.7 Å². The highest BCUT2D eigenvalue weighted by atomic mass is 16.6. The first-order chi connectivity index (χ1) is 7.87. The van der Waals surface area contributed by atoms with Crippen molar-refractivity contribution in [1.82, 2.24) is 10.2 Å². The van der Waals surface area contributed by atoms with Crippen molar-refractivity contribution in [2.45, 2.75) is 12.5 Å². The van der Waals surface area contributed by atoms with Crippen LogP contribution in [-0.4, -0.2) is 54.2 Å². The molecule has 0 radical (unpaired) electrons. The van der Waals surface area contributed by atoms with Crippen molar-refractivity contribution < 1.29 is 24.2 Å². The Kier molecular flexibility index (Phi) is 5.73. The molecule has 0 aromatic rings. The number of likely N-dealkylation sites (N-methyl/N-ethyl adjacent to an activating group) is 1. The Hall–Kier alpha value is -2.05. The van der Waals surface area contributed by atoms with Crippen LogP contribution in [0.15, 0.2) is 12.7 Å². The first-order valence-corrected chi connectivity index (χ1v) is 4.81. The Morgan fingerprint density at radius 2 is 2.18 bits per heavy atom. The maximum atomic E-state index is 11.4. The van der Waals surface area contributed by atoms with Gasteiger partial charge in [0.1, 0.15) is 6.61 Å². The van der Waals surface area contributed by atoms with Gasteiger partial charge in [-0.2, -0.15) is 0 Å². The Morgan fingerprint density at radius 3 is 2.59 bits per heavy atom. The van der Waals surface area contributed by atoms with E-state index in [1.54, 1.807) is 0 Å². The van der Waals surface area contributed by atoms with Crippen LogP contribution in [0.1, 0.15) is 6.92 Å². The lowest BCUT2D eigenvalue weighted by atomic mass is 10.0. The summed E-state index contributed by atoms with van der Waals surface area (Å²) < 4.78 is 4.72. The molecule has 0 fully saturated rings. The van der Waals surface area contributed by atoms with E-state index in [4.69, 9.17) is 9.84 Å². The number of aliphatic carboxylic acids is 1. The Morgan fingerprint density at radius 1 is 1.59 bits per heavy atom. The first kappa shape index (κ1) is 14.9. The van der Waals surface area contributed by atoms with Crippen molar-refractivity contribution in [2.75, 3.05) is 20.2 Å². The van der Waals surface area contributed by atoms with Gasteiger partial charge in [0.05, 0.1) is 6.54 Å². The number of carboxylic acid groups (broad SMARTS) is 1. The van der Waals surface area contributed by atoms with E-state index >= 15 is 0 Å². The molecule has 7 nitrogen and oxygen atoms in total. The number of carboxylic acids is 1. The molecule has 0 aromatic heterocycles. The maximum Gasteiger partial charge on any atom is 0.409 e. The number of amides is 2. The van der Waals surface area contributed by atoms with Gasteiger partial charge >= 0.3 is 12.1 Å². The molecule has 0 spiro atoms. The zero-order valence-electron chi connectivity index (χ0n) is 9.80. The van der Waals surface area contributed by atoms with E-state index in [1.807, 2.05) is 0 Å². The Labute approximate surface area is 99.0 Å². The Bertz CT molecular complexity index is 318. The van der Waals surface area contributed by atoms with E-state index in [9.17, 15) is 14.4 Å². The van der Waals surface area contributed by atoms with Crippen molar-refractivity contribution in [3.8, 4) is 0 Å². The molecule has 0 aliphatic rings. The largest absolute Gasteiger partial charge is 0.479 e. The van der Waals surface area contributed by atoms with Crippen molar-refractivity contribution in [3.63, 3.8) is 0 Å². The maximum absolute atomic E-state index is 11.4. The second-order valence-corrected chi connectivity index (χ2v) is 3.62. The van der Waals surface area contributed by atoms with Crippen molar-refractivity contribution in [3.05, 3.63) is 12.7 Å². The third-order valence-corrected chi connectivity index (χ3v) is 2.04. The summed E-state index contributed by atoms with van der Waals surface area (Å²) in [6, 6.07) is 0. The molecule has 17 heavy (non-hydrogen) atoms. The monoisotopic (exact) mass is 244 g/mol. The Balaban J connectivity index is 4.55. The molecule has 7 heteroatoms. The summed E-state index contributed by atoms with van der Waals surface area (Å²) in [5.74, 6) is -1.24. The lowest BCUT2D eigenvalue weighted by molar-refractivity contribution is -0.146. The van der Waals surface area contributed by atoms with Gasteiger partial charge in [-0.25, -0.2) is 9.59 Å². The van der Waals surface area contributed by atoms with Crippen LogP contribution < -0.4 is 5.32 Å². The van der Waals surface area contributed by atoms with Gasteiger partial charge in [-0.15, -0.1) is 0 Å². The smallest absolute Gasteiger partial charge is 0.409 e. The second kappa shape index (κ2) is 6.51. The summed E-state index contributed by atoms with van der Waals surface area (Å²) in [5, 5.41) is 11.1. The summed E-state index contributed by atoms with van der Waals surface area (Å²) in [7, 11) is 1.37. The lowest BCUT2D eigenvalue weighted by Gasteiger charge is -2.28. The van der Waals surface area contributed by atoms with E-state index < -0.39 is 17.6 Å². The average molecular weight is 244 g/mol. The van der Waals surface area contributed by atoms with Gasteiger partial charge in [-0.05, 0) is 6.92 Å². The molecular formula is C10H16N2O5. The van der Waals surface area contributed by atoms with Gasteiger partial charge in [0.2, 0.25) is 6.41 Å². The molecule has 0 saturated heterocycles. The molecule has 0 aliphatic heterocycles. The van der Waals surface area contributed by atoms with Crippen LogP contribution >= 0.6 is 0 Å². The zero-order valence-corrected chi connectivity index (χ0v) is 9.80. The number of ether oxygens (including phenoxy) is 1. The van der Waals surface area contributed by atoms with Crippen molar-refractivity contribution >= 4 is 18.5 Å². The molecule has 0 rings (SSSR count). The number of hydrogen-bond donors (Lipinski definition) is 2. The number of rotatable bonds is 7. The average Bonchev–Trinajstić information content (AvgIpc) is 2.25. The van der Waals surface area contributed by atoms with Crippen LogP contribution in [-0.2, 0) is 14.3 Å². The van der Waals surface area contributed by atoms with Crippen LogP contribution in [0.25, 0.3) is 0 Å². The summed E-state index contributed by atoms with van der Waals surface area (Å²) in [4.78, 5) is 33.7. The van der Waals surface area contributed by atoms with E-state index in [0.717, 1.165) is 4.90 Å². The molecule has 0 aromatic carbocycles. The second-order valence-electron chi connectivity index (χ2n) is 3.62. The fraction of sp³-hybridized carbons (Fsp3) is 0.500. The molecule has 0 bridgehead atoms. The van der Waals surface area contributed by atoms with E-state index in [-0.39, 0.29) is 19.6 Å². The fourth-order valence-electron chi connectivity index (χ4n) is 1.08. The predicted molar refractivity (Wildman–Crippen MR) is 59.4 cm³/mol. The third-order valence-electron chi connectivity index (χ3n) is 2.04. The highest BCUT2D eigenvalue weighted by molar-refractivity contribution is 5.82. The predicted octanol–water partition coefficient (Wildman–Crippen LogP) is -0.170. The topological polar surface area (TPSA) is 95.9 Å². The normalized spacial score (nSPS) is 13.1. The van der Waals surface area contributed by atoms with Gasteiger partial charge in [0.15, 0.2) is 5.54 Å². The first-order valence-electron chi connectivity index (χ1n) is 4.81. The third kappa shape index (κ3) is 4.54. The van der Waals surface area contributed by atoms with Gasteiger partial charge in [0.25, 0.3) is 0 Å². The minimum Gasteiger partial charge on any atom is -0.479 e. The van der Waals surface area contributed by atoms with E-state index in [0.29, 0.717) is 0 Å². The minimum atomic E-state index is -1.55. The molecule has 2 amide bonds. The zero-order chi connectivity index (χ0) is 13.5. The highest BCUT2D eigenvalue weighted by Gasteiger charge is 2.35. The van der Waals surface area contributed by atoms with Crippen LogP contribution in [0.2, 0.25) is 0 Å². The highest BCUT2D eigenvalue weighted by Crippen LogP contribution is 2.06. The van der Waals surface area contributed by atoms with Crippen LogP contribution in [0, 0.1) is 0 Å². The van der Waals surface area contributed by atoms with Gasteiger partial charge in [0, 0.05) is 7.05 Å². The standard InChI is InChI=1S/C10H16N2O5/c1-4-5-17-9(16)12(3)6-10(2,8(14)15)11-7-13/h4,7H,1,5-6H2,2-3H3,(H,11,13)(H,14,15)/t10-/m0/s1. The molecule has 0 saturated carbocycles. The number of carbonyl (C=O) groups excluding carboxylic acids is 2. The van der Waals surface area contributed by atoms with Gasteiger partial charge < -0.3 is 20.1 Å². The van der Waals surface area contributed by atoms with Crippen LogP contribution in [0.3, 0.4) is 0 Å². The van der Waals surface area contributed by atoms with Crippen LogP contribution in [0.4, 0.5) is 4.79 Å². The molecule has 0 aliphatic carbocycles. The SMILES string of the molecule is C=CCOC(=O)N(C)C[C@](C)(NC=O)C(=O)O. The summed E-state index contributed by atoms with van der Waals surface area (Å²) in [5.41, 5.74) is -1.55. The van der Waals surface area contributed by atoms with Crippen LogP contribution in [0.5, 0.6) is 0 Å². The molecule has 0 unspecified atom stereocenters. The molecule has 0 heterocycles. The summed E-state index contributed by atoms with van der Waals surface area (Å²) in [6.45, 7) is 4.49. The number of nitrogens with one attached hydrogen (secondary N) is 1. The lowest BCUT2D eigenvalue weighted by Crippen LogP contribution is -2.56. The number of nitrogens with zero attached hydrogens (tertiary/aromatic N) is 1. The number of hydrogen-bond acceptors (Lipinski definition) is 4. The fourth-order valence-corrected chi connectivity index (χ4v) is 1.08. The summed E-state index contributed by atoms with van der Waals surface area (Å²) >= 11 is 0. The van der Waals surface area contributed by atoms with E-state index in [1.165, 1.54) is 20.0 Å². The molecule has 96 valence electrons. The molecular weight excluding hydrogens is 228 g/mol. The van der Waals surface area contributed by atoms with E-state index in [2.05, 4.69) is 11.9 Å². The van der Waals surface area contributed by atoms with Crippen molar-refractivity contribution in [1.29, 1.82) is 0 Å². The molecule has 1 atom stereocenters.